The Bertz CT molecular complexity index is 1010. The van der Waals surface area contributed by atoms with Crippen LogP contribution in [0.15, 0.2) is 21.8 Å². The van der Waals surface area contributed by atoms with Gasteiger partial charge >= 0.3 is 5.97 Å². The Morgan fingerprint density at radius 2 is 2.16 bits per heavy atom. The minimum absolute atomic E-state index is 0.0652. The number of rotatable bonds is 7. The van der Waals surface area contributed by atoms with Crippen LogP contribution in [0.4, 0.5) is 5.13 Å². The summed E-state index contributed by atoms with van der Waals surface area (Å²) >= 11 is 2.62. The number of carboxylic acids is 1. The van der Waals surface area contributed by atoms with Crippen LogP contribution in [0.25, 0.3) is 0 Å². The summed E-state index contributed by atoms with van der Waals surface area (Å²) in [5.41, 5.74) is 6.71. The first kappa shape index (κ1) is 22.6. The number of nitrogens with two attached hydrogens (primary N) is 1. The number of thioether (sulfide) groups is 1. The largest absolute Gasteiger partial charge is 0.477 e. The highest BCUT2D eigenvalue weighted by molar-refractivity contribution is 8.00. The van der Waals surface area contributed by atoms with Gasteiger partial charge in [0.15, 0.2) is 10.8 Å². The molecule has 1 saturated carbocycles. The number of aliphatic carboxylic acids is 1. The highest BCUT2D eigenvalue weighted by Crippen LogP contribution is 2.47. The molecule has 32 heavy (non-hydrogen) atoms. The molecule has 1 aromatic rings. The smallest absolute Gasteiger partial charge is 0.352 e. The van der Waals surface area contributed by atoms with Crippen molar-refractivity contribution in [2.24, 2.45) is 10.6 Å². The van der Waals surface area contributed by atoms with Crippen molar-refractivity contribution >= 4 is 51.7 Å². The van der Waals surface area contributed by atoms with E-state index in [1.54, 1.807) is 5.38 Å². The molecule has 12 heteroatoms. The van der Waals surface area contributed by atoms with Crippen molar-refractivity contribution in [2.75, 3.05) is 18.6 Å². The van der Waals surface area contributed by atoms with E-state index >= 15 is 0 Å². The lowest BCUT2D eigenvalue weighted by Gasteiger charge is -2.50. The third-order valence-corrected chi connectivity index (χ3v) is 8.16. The molecule has 0 aromatic carbocycles. The zero-order chi connectivity index (χ0) is 23.0. The maximum atomic E-state index is 12.9. The highest BCUT2D eigenvalue weighted by atomic mass is 32.2. The van der Waals surface area contributed by atoms with Gasteiger partial charge in [-0.1, -0.05) is 24.9 Å². The molecule has 0 spiro atoms. The Hall–Kier alpha value is -2.60. The molecule has 2 atom stereocenters. The number of thiazole rings is 1. The first-order valence-electron chi connectivity index (χ1n) is 10.3. The second kappa shape index (κ2) is 8.74. The van der Waals surface area contributed by atoms with Gasteiger partial charge in [-0.2, -0.15) is 0 Å². The molecule has 1 saturated heterocycles. The number of nitrogens with zero attached hydrogens (tertiary/aromatic N) is 3. The van der Waals surface area contributed by atoms with E-state index in [0.29, 0.717) is 12.2 Å². The normalized spacial score (nSPS) is 24.8. The monoisotopic (exact) mass is 479 g/mol. The Balaban J connectivity index is 1.52. The van der Waals surface area contributed by atoms with Gasteiger partial charge in [-0.15, -0.1) is 23.1 Å². The van der Waals surface area contributed by atoms with Crippen molar-refractivity contribution in [1.82, 2.24) is 15.2 Å². The summed E-state index contributed by atoms with van der Waals surface area (Å²) in [5, 5.41) is 17.6. The van der Waals surface area contributed by atoms with Crippen LogP contribution < -0.4 is 11.1 Å². The van der Waals surface area contributed by atoms with Crippen LogP contribution in [0.1, 0.15) is 44.7 Å². The lowest BCUT2D eigenvalue weighted by atomic mass is 9.81. The third-order valence-electron chi connectivity index (χ3n) is 6.15. The first-order chi connectivity index (χ1) is 15.2. The molecule has 10 nitrogen and oxygen atoms in total. The van der Waals surface area contributed by atoms with Crippen LogP contribution in [0.3, 0.4) is 0 Å². The fraction of sp³-hybridized carbons (Fsp3) is 0.550. The predicted octanol–water partition coefficient (Wildman–Crippen LogP) is 1.78. The Kier molecular flexibility index (Phi) is 6.17. The summed E-state index contributed by atoms with van der Waals surface area (Å²) in [6.45, 7) is 2.19. The topological polar surface area (TPSA) is 147 Å². The summed E-state index contributed by atoms with van der Waals surface area (Å²) in [6, 6.07) is -0.858. The van der Waals surface area contributed by atoms with Crippen molar-refractivity contribution in [3.05, 3.63) is 22.3 Å². The molecular formula is C20H25N5O5S2. The maximum Gasteiger partial charge on any atom is 0.352 e. The van der Waals surface area contributed by atoms with E-state index < -0.39 is 29.2 Å². The van der Waals surface area contributed by atoms with E-state index in [9.17, 15) is 19.5 Å². The number of oxime groups is 1. The van der Waals surface area contributed by atoms with Crippen LogP contribution >= 0.6 is 23.1 Å². The predicted molar refractivity (Wildman–Crippen MR) is 121 cm³/mol. The van der Waals surface area contributed by atoms with Crippen molar-refractivity contribution in [3.63, 3.8) is 0 Å². The number of carbonyl (C=O) groups excluding carboxylic acids is 2. The molecule has 2 aliphatic heterocycles. The first-order valence-corrected chi connectivity index (χ1v) is 12.2. The summed E-state index contributed by atoms with van der Waals surface area (Å²) < 4.78 is 0. The van der Waals surface area contributed by atoms with E-state index in [1.165, 1.54) is 23.8 Å². The fourth-order valence-corrected chi connectivity index (χ4v) is 6.54. The minimum atomic E-state index is -1.11. The van der Waals surface area contributed by atoms with Crippen molar-refractivity contribution in [1.29, 1.82) is 0 Å². The molecule has 172 valence electrons. The molecule has 3 aliphatic rings. The molecule has 0 bridgehead atoms. The zero-order valence-electron chi connectivity index (χ0n) is 17.8. The number of hydrogen-bond acceptors (Lipinski definition) is 9. The highest BCUT2D eigenvalue weighted by Gasteiger charge is 2.54. The summed E-state index contributed by atoms with van der Waals surface area (Å²) in [6.07, 6.45) is 5.09. The molecular weight excluding hydrogens is 454 g/mol. The number of amides is 2. The SMILES string of the molecule is CO/N=C(/C(=O)NC1C(=O)N2C(C(=O)O)=C(CC3(C)CCCC3)CSC12)c1csc(N)n1. The number of nitrogen functional groups attached to an aromatic ring is 1. The molecule has 2 unspecified atom stereocenters. The average molecular weight is 480 g/mol. The van der Waals surface area contributed by atoms with Gasteiger partial charge < -0.3 is 21.0 Å². The minimum Gasteiger partial charge on any atom is -0.477 e. The molecule has 2 fully saturated rings. The lowest BCUT2D eigenvalue weighted by Crippen LogP contribution is -2.71. The van der Waals surface area contributed by atoms with Gasteiger partial charge in [-0.3, -0.25) is 14.5 Å². The number of fused-ring (bicyclic) bond motifs is 1. The zero-order valence-corrected chi connectivity index (χ0v) is 19.4. The average Bonchev–Trinajstić information content (AvgIpc) is 3.37. The number of hydrogen-bond donors (Lipinski definition) is 3. The van der Waals surface area contributed by atoms with Gasteiger partial charge in [-0.25, -0.2) is 9.78 Å². The van der Waals surface area contributed by atoms with Crippen molar-refractivity contribution in [2.45, 2.75) is 50.4 Å². The third kappa shape index (κ3) is 4.08. The molecule has 0 radical (unpaired) electrons. The fourth-order valence-electron chi connectivity index (χ4n) is 4.64. The van der Waals surface area contributed by atoms with Gasteiger partial charge in [0.05, 0.1) is 0 Å². The Labute approximate surface area is 193 Å². The van der Waals surface area contributed by atoms with Crippen LogP contribution in [-0.4, -0.2) is 62.8 Å². The molecule has 1 aliphatic carbocycles. The van der Waals surface area contributed by atoms with Crippen LogP contribution in [0, 0.1) is 5.41 Å². The molecule has 4 rings (SSSR count). The van der Waals surface area contributed by atoms with Crippen LogP contribution in [-0.2, 0) is 19.2 Å². The van der Waals surface area contributed by atoms with Crippen LogP contribution in [0.5, 0.6) is 0 Å². The number of aromatic nitrogens is 1. The van der Waals surface area contributed by atoms with E-state index in [0.717, 1.165) is 42.6 Å². The van der Waals surface area contributed by atoms with Gasteiger partial charge in [0.25, 0.3) is 11.8 Å². The molecule has 4 N–H and O–H groups in total. The number of nitrogens with one attached hydrogen (secondary N) is 1. The number of β-lactam (4-membered cyclic amide) rings is 1. The lowest BCUT2D eigenvalue weighted by molar-refractivity contribution is -0.150. The van der Waals surface area contributed by atoms with E-state index in [1.807, 2.05) is 0 Å². The maximum absolute atomic E-state index is 12.9. The Morgan fingerprint density at radius 1 is 1.44 bits per heavy atom. The number of carbonyl (C=O) groups is 3. The van der Waals surface area contributed by atoms with E-state index in [4.69, 9.17) is 10.6 Å². The van der Waals surface area contributed by atoms with Crippen molar-refractivity contribution in [3.8, 4) is 0 Å². The number of carboxylic acid groups (broad SMARTS) is 1. The van der Waals surface area contributed by atoms with Gasteiger partial charge in [0.2, 0.25) is 0 Å². The second-order valence-corrected chi connectivity index (χ2v) is 10.5. The van der Waals surface area contributed by atoms with Gasteiger partial charge in [-0.05, 0) is 30.3 Å². The van der Waals surface area contributed by atoms with E-state index in [2.05, 4.69) is 22.4 Å². The summed E-state index contributed by atoms with van der Waals surface area (Å²) in [7, 11) is 1.30. The summed E-state index contributed by atoms with van der Waals surface area (Å²) in [4.78, 5) is 47.9. The van der Waals surface area contributed by atoms with Crippen molar-refractivity contribution < 1.29 is 24.3 Å². The molecule has 2 amide bonds. The van der Waals surface area contributed by atoms with Crippen LogP contribution in [0.2, 0.25) is 0 Å². The van der Waals surface area contributed by atoms with Gasteiger partial charge in [0, 0.05) is 11.1 Å². The standard InChI is InChI=1S/C20H25N5O5S2/c1-20(5-3-4-6-20)7-10-8-31-17-13(16(27)25(17)14(10)18(28)29)23-15(26)12(24-30-2)11-9-32-19(21)22-11/h9,13,17H,3-8H2,1-2H3,(H2,21,22)(H,23,26)(H,28,29)/b24-12+. The number of anilines is 1. The van der Waals surface area contributed by atoms with E-state index in [-0.39, 0.29) is 27.6 Å². The second-order valence-electron chi connectivity index (χ2n) is 8.51. The molecule has 1 aromatic heterocycles. The Morgan fingerprint density at radius 3 is 2.75 bits per heavy atom. The quantitative estimate of drug-likeness (QED) is 0.305. The molecule has 3 heterocycles. The summed E-state index contributed by atoms with van der Waals surface area (Å²) in [5.74, 6) is -1.68. The van der Waals surface area contributed by atoms with Gasteiger partial charge in [0.1, 0.15) is 29.9 Å².